The number of nitrogens with zero attached hydrogens (tertiary/aromatic N) is 1. The average molecular weight is 522 g/mol. The Morgan fingerprint density at radius 3 is 2.51 bits per heavy atom. The molecular formula is C27H27N3O6S. The summed E-state index contributed by atoms with van der Waals surface area (Å²) in [6, 6.07) is 15.8. The molecule has 0 spiro atoms. The Morgan fingerprint density at radius 2 is 1.84 bits per heavy atom. The first-order valence-corrected chi connectivity index (χ1v) is 12.4. The Morgan fingerprint density at radius 1 is 1.05 bits per heavy atom. The van der Waals surface area contributed by atoms with E-state index in [4.69, 9.17) is 13.9 Å². The smallest absolute Gasteiger partial charge is 0.291 e. The molecule has 4 rings (SSSR count). The van der Waals surface area contributed by atoms with Crippen molar-refractivity contribution in [1.29, 1.82) is 0 Å². The Hall–Kier alpha value is -4.02. The van der Waals surface area contributed by atoms with Crippen molar-refractivity contribution in [3.05, 3.63) is 82.8 Å². The lowest BCUT2D eigenvalue weighted by Crippen LogP contribution is -2.33. The van der Waals surface area contributed by atoms with Crippen LogP contribution < -0.4 is 15.4 Å². The predicted molar refractivity (Wildman–Crippen MR) is 141 cm³/mol. The molecule has 10 heteroatoms. The summed E-state index contributed by atoms with van der Waals surface area (Å²) >= 11 is 1.18. The number of carbonyl (C=O) groups excluding carboxylic acids is 3. The molecule has 0 unspecified atom stereocenters. The van der Waals surface area contributed by atoms with Crippen LogP contribution in [0.15, 0.2) is 80.8 Å². The lowest BCUT2D eigenvalue weighted by molar-refractivity contribution is -0.137. The summed E-state index contributed by atoms with van der Waals surface area (Å²) in [6.45, 7) is 2.60. The molecule has 1 aromatic heterocycles. The number of furan rings is 1. The highest BCUT2D eigenvalue weighted by Gasteiger charge is 2.39. The third-order valence-electron chi connectivity index (χ3n) is 5.55. The highest BCUT2D eigenvalue weighted by Crippen LogP contribution is 2.38. The zero-order valence-corrected chi connectivity index (χ0v) is 21.5. The second-order valence-electron chi connectivity index (χ2n) is 8.20. The molecular weight excluding hydrogens is 494 g/mol. The molecule has 0 atom stereocenters. The number of rotatable bonds is 11. The number of carbonyl (C=O) groups is 3. The maximum atomic E-state index is 13.3. The fourth-order valence-electron chi connectivity index (χ4n) is 3.71. The van der Waals surface area contributed by atoms with Gasteiger partial charge in [0.2, 0.25) is 0 Å². The fraction of sp³-hybridized carbons (Fsp3) is 0.222. The van der Waals surface area contributed by atoms with Gasteiger partial charge in [-0.25, -0.2) is 0 Å². The molecule has 0 aliphatic carbocycles. The SMILES string of the molecule is COCCCN1C(=O)C(Nc2cc(C)ccc2OC)=C(Sc2ccc(NC(=O)c3ccco3)cc2)C1=O. The van der Waals surface area contributed by atoms with Crippen LogP contribution in [0.2, 0.25) is 0 Å². The van der Waals surface area contributed by atoms with Crippen LogP contribution in [0.3, 0.4) is 0 Å². The van der Waals surface area contributed by atoms with Gasteiger partial charge in [0, 0.05) is 30.8 Å². The van der Waals surface area contributed by atoms with Crippen LogP contribution in [-0.4, -0.2) is 50.0 Å². The van der Waals surface area contributed by atoms with Gasteiger partial charge >= 0.3 is 0 Å². The number of nitrogens with one attached hydrogen (secondary N) is 2. The van der Waals surface area contributed by atoms with Gasteiger partial charge in [-0.05, 0) is 67.4 Å². The predicted octanol–water partition coefficient (Wildman–Crippen LogP) is 4.67. The molecule has 0 radical (unpaired) electrons. The quantitative estimate of drug-likeness (QED) is 0.277. The first kappa shape index (κ1) is 26.1. The molecule has 0 fully saturated rings. The highest BCUT2D eigenvalue weighted by atomic mass is 32.2. The second-order valence-corrected chi connectivity index (χ2v) is 9.28. The van der Waals surface area contributed by atoms with Gasteiger partial charge in [0.05, 0.1) is 19.1 Å². The van der Waals surface area contributed by atoms with Crippen molar-refractivity contribution in [3.8, 4) is 5.75 Å². The van der Waals surface area contributed by atoms with E-state index >= 15 is 0 Å². The van der Waals surface area contributed by atoms with Crippen LogP contribution in [0.1, 0.15) is 22.5 Å². The lowest BCUT2D eigenvalue weighted by Gasteiger charge is -2.15. The van der Waals surface area contributed by atoms with Crippen molar-refractivity contribution in [2.24, 2.45) is 0 Å². The minimum atomic E-state index is -0.408. The normalized spacial score (nSPS) is 13.3. The van der Waals surface area contributed by atoms with E-state index in [9.17, 15) is 14.4 Å². The van der Waals surface area contributed by atoms with Crippen molar-refractivity contribution < 1.29 is 28.3 Å². The number of hydrogen-bond donors (Lipinski definition) is 2. The fourth-order valence-corrected chi connectivity index (χ4v) is 4.65. The molecule has 0 saturated carbocycles. The van der Waals surface area contributed by atoms with Gasteiger partial charge < -0.3 is 24.5 Å². The van der Waals surface area contributed by atoms with Crippen LogP contribution >= 0.6 is 11.8 Å². The maximum Gasteiger partial charge on any atom is 0.291 e. The van der Waals surface area contributed by atoms with Crippen LogP contribution in [0.4, 0.5) is 11.4 Å². The number of thioether (sulfide) groups is 1. The lowest BCUT2D eigenvalue weighted by atomic mass is 10.2. The molecule has 192 valence electrons. The average Bonchev–Trinajstić information content (AvgIpc) is 3.50. The van der Waals surface area contributed by atoms with Crippen LogP contribution in [0, 0.1) is 6.92 Å². The van der Waals surface area contributed by atoms with Gasteiger partial charge in [0.25, 0.3) is 17.7 Å². The standard InChI is InChI=1S/C27H27N3O6S/c1-17-7-12-21(35-3)20(16-17)29-23-24(27(33)30(26(23)32)13-5-14-34-2)37-19-10-8-18(9-11-19)28-25(31)22-6-4-15-36-22/h4,6-12,15-16,29H,5,13-14H2,1-3H3,(H,28,31). The van der Waals surface area contributed by atoms with Gasteiger partial charge in [-0.1, -0.05) is 17.8 Å². The number of anilines is 2. The van der Waals surface area contributed by atoms with E-state index in [1.165, 1.54) is 22.9 Å². The third-order valence-corrected chi connectivity index (χ3v) is 6.64. The van der Waals surface area contributed by atoms with Crippen LogP contribution in [0.25, 0.3) is 0 Å². The minimum Gasteiger partial charge on any atom is -0.495 e. The zero-order valence-electron chi connectivity index (χ0n) is 20.7. The molecule has 2 heterocycles. The molecule has 2 aromatic carbocycles. The molecule has 0 bridgehead atoms. The van der Waals surface area contributed by atoms with Crippen molar-refractivity contribution in [1.82, 2.24) is 4.90 Å². The number of benzene rings is 2. The summed E-state index contributed by atoms with van der Waals surface area (Å²) in [5, 5.41) is 5.90. The number of ether oxygens (including phenoxy) is 2. The Labute approximate surface area is 218 Å². The number of methoxy groups -OCH3 is 2. The van der Waals surface area contributed by atoms with Gasteiger partial charge in [-0.3, -0.25) is 19.3 Å². The summed E-state index contributed by atoms with van der Waals surface area (Å²) in [6.07, 6.45) is 1.95. The van der Waals surface area contributed by atoms with Gasteiger partial charge in [-0.15, -0.1) is 0 Å². The van der Waals surface area contributed by atoms with Crippen molar-refractivity contribution in [3.63, 3.8) is 0 Å². The largest absolute Gasteiger partial charge is 0.495 e. The first-order valence-electron chi connectivity index (χ1n) is 11.5. The van der Waals surface area contributed by atoms with E-state index in [1.54, 1.807) is 56.7 Å². The van der Waals surface area contributed by atoms with E-state index < -0.39 is 5.91 Å². The molecule has 3 amide bonds. The second kappa shape index (κ2) is 11.8. The van der Waals surface area contributed by atoms with Gasteiger partial charge in [0.1, 0.15) is 16.4 Å². The number of amides is 3. The molecule has 9 nitrogen and oxygen atoms in total. The Bertz CT molecular complexity index is 1320. The van der Waals surface area contributed by atoms with E-state index in [-0.39, 0.29) is 34.7 Å². The van der Waals surface area contributed by atoms with Gasteiger partial charge in [0.15, 0.2) is 5.76 Å². The van der Waals surface area contributed by atoms with E-state index in [0.717, 1.165) is 10.5 Å². The van der Waals surface area contributed by atoms with Crippen LogP contribution in [-0.2, 0) is 14.3 Å². The number of imide groups is 1. The van der Waals surface area contributed by atoms with Crippen LogP contribution in [0.5, 0.6) is 5.75 Å². The zero-order chi connectivity index (χ0) is 26.4. The summed E-state index contributed by atoms with van der Waals surface area (Å²) < 4.78 is 15.6. The first-order chi connectivity index (χ1) is 17.9. The molecule has 1 aliphatic rings. The van der Waals surface area contributed by atoms with Crippen molar-refractivity contribution in [2.75, 3.05) is 38.0 Å². The van der Waals surface area contributed by atoms with Gasteiger partial charge in [-0.2, -0.15) is 0 Å². The number of hydrogen-bond acceptors (Lipinski definition) is 8. The molecule has 1 aliphatic heterocycles. The summed E-state index contributed by atoms with van der Waals surface area (Å²) in [7, 11) is 3.12. The minimum absolute atomic E-state index is 0.187. The summed E-state index contributed by atoms with van der Waals surface area (Å²) in [5.74, 6) is -0.397. The van der Waals surface area contributed by atoms with E-state index in [2.05, 4.69) is 10.6 Å². The summed E-state index contributed by atoms with van der Waals surface area (Å²) in [4.78, 5) is 41.1. The summed E-state index contributed by atoms with van der Waals surface area (Å²) in [5.41, 5.74) is 2.31. The molecule has 37 heavy (non-hydrogen) atoms. The molecule has 0 saturated heterocycles. The van der Waals surface area contributed by atoms with E-state index in [0.29, 0.717) is 30.2 Å². The highest BCUT2D eigenvalue weighted by molar-refractivity contribution is 8.04. The molecule has 3 aromatic rings. The topological polar surface area (TPSA) is 110 Å². The van der Waals surface area contributed by atoms with Crippen molar-refractivity contribution in [2.45, 2.75) is 18.2 Å². The van der Waals surface area contributed by atoms with E-state index in [1.807, 2.05) is 19.1 Å². The van der Waals surface area contributed by atoms with Crippen molar-refractivity contribution >= 4 is 40.9 Å². The third kappa shape index (κ3) is 6.04. The Balaban J connectivity index is 1.58. The monoisotopic (exact) mass is 521 g/mol. The number of aryl methyl sites for hydroxylation is 1. The Kier molecular flexibility index (Phi) is 8.32. The maximum absolute atomic E-state index is 13.3. The molecule has 2 N–H and O–H groups in total.